The van der Waals surface area contributed by atoms with Gasteiger partial charge in [0, 0.05) is 13.1 Å². The summed E-state index contributed by atoms with van der Waals surface area (Å²) in [7, 11) is 0. The molecule has 2 heterocycles. The van der Waals surface area contributed by atoms with Crippen molar-refractivity contribution in [2.24, 2.45) is 0 Å². The van der Waals surface area contributed by atoms with E-state index in [1.54, 1.807) is 0 Å². The largest absolute Gasteiger partial charge is 2.00 e. The van der Waals surface area contributed by atoms with Crippen LogP contribution in [0.3, 0.4) is 0 Å². The van der Waals surface area contributed by atoms with E-state index in [1.165, 1.54) is 91.1 Å². The second-order valence-electron chi connectivity index (χ2n) is 7.69. The van der Waals surface area contributed by atoms with Crippen molar-refractivity contribution in [3.63, 3.8) is 0 Å². The van der Waals surface area contributed by atoms with E-state index in [-0.39, 0.29) is 34.1 Å². The molecule has 2 rings (SSSR count). The first-order valence-electron chi connectivity index (χ1n) is 11.1. The monoisotopic (exact) mass is 580 g/mol. The van der Waals surface area contributed by atoms with Crippen molar-refractivity contribution >= 4 is 50.5 Å². The molecule has 0 aromatic rings. The van der Waals surface area contributed by atoms with Gasteiger partial charge in [0.2, 0.25) is 0 Å². The fourth-order valence-corrected chi connectivity index (χ4v) is 5.14. The third-order valence-electron chi connectivity index (χ3n) is 5.47. The molecular weight excluding hydrogens is 536 g/mol. The normalized spacial score (nSPS) is 20.4. The first-order chi connectivity index (χ1) is 13.7. The Morgan fingerprint density at radius 1 is 0.467 bits per heavy atom. The van der Waals surface area contributed by atoms with Gasteiger partial charge in [-0.05, 0) is 116 Å². The molecule has 0 aliphatic carbocycles. The Kier molecular flexibility index (Phi) is 28.0. The third-order valence-corrected chi connectivity index (χ3v) is 6.28. The molecule has 0 amide bonds. The zero-order valence-corrected chi connectivity index (χ0v) is 24.3. The molecule has 0 aromatic heterocycles. The molecule has 4 nitrogen and oxygen atoms in total. The van der Waals surface area contributed by atoms with Gasteiger partial charge in [0.25, 0.3) is 0 Å². The molecule has 0 unspecified atom stereocenters. The summed E-state index contributed by atoms with van der Waals surface area (Å²) >= 11 is 17.1. The number of nitrogens with zero attached hydrogens (tertiary/aromatic N) is 4. The molecule has 0 N–H and O–H groups in total. The zero-order valence-electron chi connectivity index (χ0n) is 18.5. The molecule has 2 saturated heterocycles. The van der Waals surface area contributed by atoms with Crippen LogP contribution in [0.25, 0.3) is 0 Å². The van der Waals surface area contributed by atoms with Crippen LogP contribution >= 0.6 is 0 Å². The van der Waals surface area contributed by atoms with E-state index in [2.05, 4.69) is 44.9 Å². The Bertz CT molecular complexity index is 283. The number of hydrogen-bond acceptors (Lipinski definition) is 6. The third kappa shape index (κ3) is 17.7. The van der Waals surface area contributed by atoms with Crippen LogP contribution in [0.1, 0.15) is 25.7 Å². The second-order valence-corrected chi connectivity index (χ2v) is 9.51. The fourth-order valence-electron chi connectivity index (χ4n) is 3.99. The second kappa shape index (κ2) is 24.4. The van der Waals surface area contributed by atoms with Crippen molar-refractivity contribution in [1.82, 2.24) is 19.6 Å². The first-order valence-corrected chi connectivity index (χ1v) is 13.6. The summed E-state index contributed by atoms with van der Waals surface area (Å²) in [5, 5.41) is 0. The Morgan fingerprint density at radius 3 is 0.900 bits per heavy atom. The SMILES string of the molecule is [Fe+2].[Fe+2].[S-]CCN1CCCN(CC[SH2+])CCC1.[S-]CCN1CCCN(CC[SH2+])CCC1. The summed E-state index contributed by atoms with van der Waals surface area (Å²) < 4.78 is 0. The van der Waals surface area contributed by atoms with E-state index >= 15 is 0 Å². The predicted molar refractivity (Wildman–Crippen MR) is 139 cm³/mol. The van der Waals surface area contributed by atoms with E-state index in [0.717, 1.165) is 36.1 Å². The van der Waals surface area contributed by atoms with Crippen LogP contribution < -0.4 is 0 Å². The van der Waals surface area contributed by atoms with Gasteiger partial charge < -0.3 is 35.1 Å². The van der Waals surface area contributed by atoms with Gasteiger partial charge >= 0.3 is 34.1 Å². The van der Waals surface area contributed by atoms with Crippen LogP contribution in [0.2, 0.25) is 0 Å². The van der Waals surface area contributed by atoms with E-state index in [0.29, 0.717) is 0 Å². The van der Waals surface area contributed by atoms with E-state index < -0.39 is 0 Å². The van der Waals surface area contributed by atoms with Crippen molar-refractivity contribution in [2.45, 2.75) is 25.7 Å². The van der Waals surface area contributed by atoms with E-state index in [1.807, 2.05) is 0 Å². The molecule has 180 valence electrons. The Balaban J connectivity index is 0. The Labute approximate surface area is 230 Å². The van der Waals surface area contributed by atoms with Crippen LogP contribution in [-0.4, -0.2) is 121 Å². The van der Waals surface area contributed by atoms with Gasteiger partial charge in [-0.1, -0.05) is 0 Å². The van der Waals surface area contributed by atoms with Crippen LogP contribution in [0, 0.1) is 0 Å². The molecule has 0 atom stereocenters. The van der Waals surface area contributed by atoms with Gasteiger partial charge in [-0.3, -0.25) is 9.80 Å². The zero-order chi connectivity index (χ0) is 20.5. The van der Waals surface area contributed by atoms with Crippen LogP contribution in [0.15, 0.2) is 0 Å². The van der Waals surface area contributed by atoms with Gasteiger partial charge in [-0.2, -0.15) is 11.5 Å². The van der Waals surface area contributed by atoms with Gasteiger partial charge in [0.15, 0.2) is 0 Å². The van der Waals surface area contributed by atoms with E-state index in [9.17, 15) is 0 Å². The van der Waals surface area contributed by atoms with Gasteiger partial charge in [-0.15, -0.1) is 0 Å². The van der Waals surface area contributed by atoms with Crippen LogP contribution in [0.4, 0.5) is 0 Å². The summed E-state index contributed by atoms with van der Waals surface area (Å²) in [6.07, 6.45) is 5.17. The topological polar surface area (TPSA) is 13.0 Å². The summed E-state index contributed by atoms with van der Waals surface area (Å²) in [6.45, 7) is 14.5. The maximum absolute atomic E-state index is 5.02. The molecule has 0 saturated carbocycles. The van der Waals surface area contributed by atoms with Gasteiger partial charge in [0.05, 0.1) is 0 Å². The molecule has 2 fully saturated rings. The molecule has 2 aliphatic heterocycles. The van der Waals surface area contributed by atoms with E-state index in [4.69, 9.17) is 25.3 Å². The average Bonchev–Trinajstić information content (AvgIpc) is 2.64. The van der Waals surface area contributed by atoms with Crippen LogP contribution in [0.5, 0.6) is 0 Å². The molecule has 0 spiro atoms. The molecular formula is C20H44Fe2N4S4+4. The van der Waals surface area contributed by atoms with Gasteiger partial charge in [0.1, 0.15) is 11.5 Å². The van der Waals surface area contributed by atoms with Crippen molar-refractivity contribution in [3.05, 3.63) is 0 Å². The molecule has 0 aromatic carbocycles. The molecule has 30 heavy (non-hydrogen) atoms. The molecule has 0 bridgehead atoms. The minimum Gasteiger partial charge on any atom is -0.791 e. The molecule has 2 aliphatic rings. The number of hydrogen-bond donors (Lipinski definition) is 0. The standard InChI is InChI=1S/2C10H22N2S2.2Fe/c2*13-9-7-11-3-1-4-12(8-10-14)6-2-5-11;;/h2*13-14H,1-10H2;;/q;;2*+2. The summed E-state index contributed by atoms with van der Waals surface area (Å²) in [5.41, 5.74) is 0. The smallest absolute Gasteiger partial charge is 0.791 e. The minimum atomic E-state index is 0. The van der Waals surface area contributed by atoms with Crippen LogP contribution in [-0.2, 0) is 84.7 Å². The minimum absolute atomic E-state index is 0. The van der Waals surface area contributed by atoms with Gasteiger partial charge in [-0.25, -0.2) is 0 Å². The summed E-state index contributed by atoms with van der Waals surface area (Å²) in [6, 6.07) is 0. The summed E-state index contributed by atoms with van der Waals surface area (Å²) in [5.74, 6) is 3.95. The maximum Gasteiger partial charge on any atom is 2.00 e. The quantitative estimate of drug-likeness (QED) is 0.224. The summed E-state index contributed by atoms with van der Waals surface area (Å²) in [4.78, 5) is 10.1. The van der Waals surface area contributed by atoms with Crippen molar-refractivity contribution in [1.29, 1.82) is 0 Å². The molecule has 10 heteroatoms. The Morgan fingerprint density at radius 2 is 0.700 bits per heavy atom. The fraction of sp³-hybridized carbons (Fsp3) is 1.00. The van der Waals surface area contributed by atoms with Crippen molar-refractivity contribution < 1.29 is 34.1 Å². The van der Waals surface area contributed by atoms with Crippen molar-refractivity contribution in [3.8, 4) is 0 Å². The average molecular weight is 581 g/mol. The first kappa shape index (κ1) is 34.4. The van der Waals surface area contributed by atoms with Crippen molar-refractivity contribution in [2.75, 3.05) is 102 Å². The maximum atomic E-state index is 5.02. The molecule has 0 radical (unpaired) electrons. The predicted octanol–water partition coefficient (Wildman–Crippen LogP) is -0.120. The number of rotatable bonds is 8. The Hall–Kier alpha value is 2.28.